The fourth-order valence-corrected chi connectivity index (χ4v) is 8.61. The Morgan fingerprint density at radius 3 is 1.36 bits per heavy atom. The van der Waals surface area contributed by atoms with Crippen LogP contribution in [0.5, 0.6) is 0 Å². The minimum atomic E-state index is -1.79. The van der Waals surface area contributed by atoms with E-state index in [2.05, 4.69) is 141 Å². The lowest BCUT2D eigenvalue weighted by atomic mass is 9.97. The molecule has 2 rings (SSSR count). The van der Waals surface area contributed by atoms with E-state index in [1.165, 1.54) is 6.42 Å². The molecule has 2 saturated heterocycles. The number of aliphatic hydroxyl groups is 8. The fourth-order valence-electron chi connectivity index (χ4n) is 8.61. The van der Waals surface area contributed by atoms with Crippen LogP contribution in [0, 0.1) is 0 Å². The number of aliphatic hydroxyl groups excluding tert-OH is 8. The Morgan fingerprint density at radius 1 is 0.474 bits per heavy atom. The van der Waals surface area contributed by atoms with Crippen molar-refractivity contribution in [2.45, 2.75) is 242 Å². The molecule has 0 aliphatic carbocycles. The van der Waals surface area contributed by atoms with Gasteiger partial charge in [-0.2, -0.15) is 0 Å². The first-order valence-corrected chi connectivity index (χ1v) is 29.4. The Morgan fingerprint density at radius 2 is 0.885 bits per heavy atom. The highest BCUT2D eigenvalue weighted by molar-refractivity contribution is 5.76. The predicted molar refractivity (Wildman–Crippen MR) is 313 cm³/mol. The molecule has 0 aromatic heterocycles. The zero-order valence-electron chi connectivity index (χ0n) is 47.3. The van der Waals surface area contributed by atoms with Crippen LogP contribution in [0.3, 0.4) is 0 Å². The van der Waals surface area contributed by atoms with Crippen molar-refractivity contribution in [1.82, 2.24) is 5.32 Å². The summed E-state index contributed by atoms with van der Waals surface area (Å²) in [6, 6.07) is -0.929. The molecule has 9 N–H and O–H groups in total. The molecule has 0 bridgehead atoms. The van der Waals surface area contributed by atoms with Gasteiger partial charge in [0.1, 0.15) is 48.8 Å². The van der Waals surface area contributed by atoms with Crippen LogP contribution in [0.15, 0.2) is 134 Å². The Bertz CT molecular complexity index is 1820. The van der Waals surface area contributed by atoms with Crippen molar-refractivity contribution in [3.8, 4) is 0 Å². The third-order valence-electron chi connectivity index (χ3n) is 13.3. The predicted octanol–water partition coefficient (Wildman–Crippen LogP) is 9.99. The monoisotopic (exact) mass is 1090 g/mol. The maximum Gasteiger partial charge on any atom is 0.220 e. The van der Waals surface area contributed by atoms with Crippen molar-refractivity contribution in [3.05, 3.63) is 134 Å². The van der Waals surface area contributed by atoms with Gasteiger partial charge < -0.3 is 65.1 Å². The summed E-state index contributed by atoms with van der Waals surface area (Å²) >= 11 is 0. The van der Waals surface area contributed by atoms with E-state index in [9.17, 15) is 45.6 Å². The van der Waals surface area contributed by atoms with Gasteiger partial charge in [0.25, 0.3) is 0 Å². The number of amides is 1. The summed E-state index contributed by atoms with van der Waals surface area (Å²) in [6.45, 7) is 2.56. The van der Waals surface area contributed by atoms with Crippen molar-refractivity contribution >= 4 is 5.91 Å². The number of carbonyl (C=O) groups is 1. The number of ether oxygens (including phenoxy) is 4. The molecule has 0 radical (unpaired) electrons. The average molecular weight is 1090 g/mol. The second kappa shape index (κ2) is 47.9. The van der Waals surface area contributed by atoms with Crippen LogP contribution in [-0.2, 0) is 23.7 Å². The van der Waals surface area contributed by atoms with Crippen molar-refractivity contribution < 1.29 is 64.6 Å². The number of allylic oxidation sites excluding steroid dienone is 21. The molecule has 2 fully saturated rings. The van der Waals surface area contributed by atoms with E-state index in [1.807, 2.05) is 6.08 Å². The zero-order valence-corrected chi connectivity index (χ0v) is 47.3. The summed E-state index contributed by atoms with van der Waals surface area (Å²) in [5.74, 6) is -0.266. The van der Waals surface area contributed by atoms with Crippen LogP contribution in [0.25, 0.3) is 0 Å². The van der Waals surface area contributed by atoms with Crippen LogP contribution in [0.2, 0.25) is 0 Å². The van der Waals surface area contributed by atoms with E-state index in [4.69, 9.17) is 18.9 Å². The first-order chi connectivity index (χ1) is 38.1. The molecule has 0 spiro atoms. The minimum Gasteiger partial charge on any atom is -0.394 e. The van der Waals surface area contributed by atoms with E-state index in [0.717, 1.165) is 135 Å². The lowest BCUT2D eigenvalue weighted by Gasteiger charge is -2.46. The van der Waals surface area contributed by atoms with Gasteiger partial charge in [-0.05, 0) is 96.3 Å². The average Bonchev–Trinajstić information content (AvgIpc) is 3.47. The largest absolute Gasteiger partial charge is 0.394 e. The molecule has 12 unspecified atom stereocenters. The van der Waals surface area contributed by atoms with Crippen LogP contribution in [0.1, 0.15) is 168 Å². The molecule has 0 aromatic carbocycles. The highest BCUT2D eigenvalue weighted by Gasteiger charge is 2.51. The molecule has 14 nitrogen and oxygen atoms in total. The van der Waals surface area contributed by atoms with E-state index >= 15 is 0 Å². The second-order valence-electron chi connectivity index (χ2n) is 20.0. The number of hydrogen-bond acceptors (Lipinski definition) is 13. The van der Waals surface area contributed by atoms with Gasteiger partial charge in [-0.25, -0.2) is 0 Å². The third-order valence-corrected chi connectivity index (χ3v) is 13.3. The SMILES string of the molecule is CC/C=C\C/C=C\C/C=C\C/C=C\C/C=C\C/C=C\C/C=C\C/C=C\C/C=C\C/C=C\CCCCCCCCC(=O)NC(COC1OC(CO)C(OC2OC(CO)C(O)C(O)C2O)C(O)C1O)C(O)/C=C/CCCCCCC. The molecule has 2 aliphatic rings. The third kappa shape index (κ3) is 33.0. The summed E-state index contributed by atoms with van der Waals surface area (Å²) in [7, 11) is 0. The van der Waals surface area contributed by atoms with Gasteiger partial charge in [0, 0.05) is 6.42 Å². The van der Waals surface area contributed by atoms with Crippen LogP contribution in [-0.4, -0.2) is 140 Å². The maximum atomic E-state index is 13.2. The molecular weight excluding hydrogens is 991 g/mol. The Balaban J connectivity index is 1.62. The Kier molecular flexibility index (Phi) is 43.1. The number of nitrogens with one attached hydrogen (secondary N) is 1. The molecule has 2 heterocycles. The van der Waals surface area contributed by atoms with Gasteiger partial charge in [-0.3, -0.25) is 4.79 Å². The van der Waals surface area contributed by atoms with Crippen molar-refractivity contribution in [2.75, 3.05) is 19.8 Å². The number of carbonyl (C=O) groups excluding carboxylic acids is 1. The molecule has 78 heavy (non-hydrogen) atoms. The van der Waals surface area contributed by atoms with E-state index in [-0.39, 0.29) is 18.9 Å². The Labute approximate surface area is 469 Å². The van der Waals surface area contributed by atoms with E-state index in [0.29, 0.717) is 6.42 Å². The summed E-state index contributed by atoms with van der Waals surface area (Å²) in [5.41, 5.74) is 0. The van der Waals surface area contributed by atoms with Gasteiger partial charge in [0.2, 0.25) is 5.91 Å². The molecule has 1 amide bonds. The van der Waals surface area contributed by atoms with Crippen LogP contribution < -0.4 is 5.32 Å². The van der Waals surface area contributed by atoms with Crippen molar-refractivity contribution in [3.63, 3.8) is 0 Å². The number of hydrogen-bond donors (Lipinski definition) is 9. The first-order valence-electron chi connectivity index (χ1n) is 29.4. The van der Waals surface area contributed by atoms with Gasteiger partial charge in [0.05, 0.1) is 32.0 Å². The molecule has 0 saturated carbocycles. The van der Waals surface area contributed by atoms with E-state index < -0.39 is 86.8 Å². The summed E-state index contributed by atoms with van der Waals surface area (Å²) < 4.78 is 22.6. The quantitative estimate of drug-likeness (QED) is 0.0205. The molecule has 14 heteroatoms. The normalized spacial score (nSPS) is 25.6. The van der Waals surface area contributed by atoms with Crippen LogP contribution >= 0.6 is 0 Å². The molecule has 442 valence electrons. The molecule has 0 aromatic rings. The Hall–Kier alpha value is -3.87. The fraction of sp³-hybridized carbons (Fsp3) is 0.641. The number of rotatable bonds is 44. The van der Waals surface area contributed by atoms with Gasteiger partial charge >= 0.3 is 0 Å². The standard InChI is InChI=1S/C64H103NO13/c1-3-5-7-9-11-12-13-14-15-16-17-18-19-20-21-22-23-24-25-26-27-28-29-30-31-32-33-34-35-36-37-38-39-40-42-44-46-48-56(69)65-52(53(68)47-45-43-41-10-8-6-4-2)51-75-63-61(74)59(72)62(55(50-67)77-63)78-64-60(73)58(71)57(70)54(49-66)76-64/h5,7,11-12,14-15,17-18,20-21,23-24,26-27,29-30,32-33,35-36,45,47,52-55,57-64,66-68,70-74H,3-4,6,8-10,13,16,19,22,25,28,31,34,37-44,46,48-51H2,1-2H3,(H,65,69)/b7-5-,12-11-,15-14-,18-17-,21-20-,24-23-,27-26-,30-29-,33-32-,36-35-,47-45+. The van der Waals surface area contributed by atoms with Gasteiger partial charge in [-0.1, -0.05) is 199 Å². The summed E-state index contributed by atoms with van der Waals surface area (Å²) in [4.78, 5) is 13.2. The van der Waals surface area contributed by atoms with Crippen molar-refractivity contribution in [2.24, 2.45) is 0 Å². The lowest BCUT2D eigenvalue weighted by molar-refractivity contribution is -0.359. The summed E-state index contributed by atoms with van der Waals surface area (Å²) in [5, 5.41) is 86.6. The first kappa shape index (κ1) is 70.2. The van der Waals surface area contributed by atoms with E-state index in [1.54, 1.807) is 6.08 Å². The minimum absolute atomic E-state index is 0.254. The second-order valence-corrected chi connectivity index (χ2v) is 20.0. The highest BCUT2D eigenvalue weighted by Crippen LogP contribution is 2.30. The van der Waals surface area contributed by atoms with Gasteiger partial charge in [-0.15, -0.1) is 0 Å². The maximum absolute atomic E-state index is 13.2. The van der Waals surface area contributed by atoms with Gasteiger partial charge in [0.15, 0.2) is 12.6 Å². The van der Waals surface area contributed by atoms with Crippen LogP contribution in [0.4, 0.5) is 0 Å². The molecule has 2 aliphatic heterocycles. The molecular formula is C64H103NO13. The van der Waals surface area contributed by atoms with Crippen molar-refractivity contribution in [1.29, 1.82) is 0 Å². The number of unbranched alkanes of at least 4 members (excludes halogenated alkanes) is 11. The smallest absolute Gasteiger partial charge is 0.220 e. The summed E-state index contributed by atoms with van der Waals surface area (Å²) in [6.07, 6.45) is 54.0. The zero-order chi connectivity index (χ0) is 56.7. The highest BCUT2D eigenvalue weighted by atomic mass is 16.7. The topological polar surface area (TPSA) is 228 Å². The lowest BCUT2D eigenvalue weighted by Crippen LogP contribution is -2.65. The molecule has 12 atom stereocenters.